The summed E-state index contributed by atoms with van der Waals surface area (Å²) in [6.45, 7) is 12.3. The fourth-order valence-corrected chi connectivity index (χ4v) is 10.1. The monoisotopic (exact) mass is 270 g/mol. The summed E-state index contributed by atoms with van der Waals surface area (Å²) in [5.74, 6) is 0. The van der Waals surface area contributed by atoms with E-state index in [0.717, 1.165) is 0 Å². The minimum atomic E-state index is -2.29. The first-order valence-electron chi connectivity index (χ1n) is 5.36. The Bertz CT molecular complexity index is 232. The van der Waals surface area contributed by atoms with Gasteiger partial charge in [0.15, 0.2) is 0 Å². The largest absolute Gasteiger partial charge is 0.324 e. The maximum absolute atomic E-state index is 6.46. The van der Waals surface area contributed by atoms with E-state index in [4.69, 9.17) is 20.3 Å². The molecule has 0 aliphatic carbocycles. The average Bonchev–Trinajstić information content (AvgIpc) is 1.73. The van der Waals surface area contributed by atoms with Crippen LogP contribution < -0.4 is 0 Å². The number of rotatable bonds is 5. The molecule has 5 heteroatoms. The molecule has 0 amide bonds. The summed E-state index contributed by atoms with van der Waals surface area (Å²) in [5, 5.41) is 0. The number of halogens is 1. The van der Waals surface area contributed by atoms with Gasteiger partial charge in [-0.05, 0) is 44.4 Å². The summed E-state index contributed by atoms with van der Waals surface area (Å²) in [5.41, 5.74) is 2.14. The zero-order chi connectivity index (χ0) is 12.3. The van der Waals surface area contributed by atoms with Crippen molar-refractivity contribution in [3.05, 3.63) is 0 Å². The fourth-order valence-electron chi connectivity index (χ4n) is 1.12. The Balaban J connectivity index is 4.93. The molecule has 0 N–H and O–H groups in total. The lowest BCUT2D eigenvalue weighted by Crippen LogP contribution is -2.24. The van der Waals surface area contributed by atoms with Crippen LogP contribution in [0.2, 0.25) is 19.6 Å². The normalized spacial score (nSPS) is 13.7. The van der Waals surface area contributed by atoms with E-state index in [2.05, 4.69) is 25.1 Å². The predicted octanol–water partition coefficient (Wildman–Crippen LogP) is 4.52. The van der Waals surface area contributed by atoms with Gasteiger partial charge in [0.05, 0.1) is 20.3 Å². The van der Waals surface area contributed by atoms with Gasteiger partial charge in [-0.2, -0.15) is 0 Å². The smallest absolute Gasteiger partial charge is 0.207 e. The molecule has 0 bridgehead atoms. The van der Waals surface area contributed by atoms with Crippen LogP contribution in [0.3, 0.4) is 0 Å². The van der Waals surface area contributed by atoms with Gasteiger partial charge in [-0.1, -0.05) is 19.6 Å². The van der Waals surface area contributed by atoms with E-state index in [1.54, 1.807) is 0 Å². The molecule has 0 heterocycles. The van der Waals surface area contributed by atoms with Crippen molar-refractivity contribution in [1.29, 1.82) is 0 Å². The standard InChI is InChI=1S/C10H24ClO2PSi/c1-9(2)12-14(11,13-10(3)4)8-15(5,6)7/h8-10H,1-7H3. The second kappa shape index (κ2) is 5.88. The van der Waals surface area contributed by atoms with Crippen LogP contribution in [-0.2, 0) is 9.05 Å². The van der Waals surface area contributed by atoms with E-state index < -0.39 is 14.8 Å². The quantitative estimate of drug-likeness (QED) is 0.540. The molecule has 0 aliphatic heterocycles. The van der Waals surface area contributed by atoms with E-state index in [1.165, 1.54) is 0 Å². The SMILES string of the molecule is CC(C)OP(Cl)(=C[Si](C)(C)C)OC(C)C. The first kappa shape index (κ1) is 15.7. The molecule has 0 rings (SSSR count). The zero-order valence-corrected chi connectivity index (χ0v) is 13.5. The Morgan fingerprint density at radius 3 is 1.53 bits per heavy atom. The first-order valence-corrected chi connectivity index (χ1v) is 11.5. The zero-order valence-electron chi connectivity index (χ0n) is 10.9. The highest BCUT2D eigenvalue weighted by molar-refractivity contribution is 7.92. The lowest BCUT2D eigenvalue weighted by molar-refractivity contribution is 0.184. The van der Waals surface area contributed by atoms with Crippen molar-refractivity contribution in [2.75, 3.05) is 0 Å². The lowest BCUT2D eigenvalue weighted by atomic mass is 10.5. The van der Waals surface area contributed by atoms with Crippen LogP contribution in [0.1, 0.15) is 27.7 Å². The van der Waals surface area contributed by atoms with Gasteiger partial charge < -0.3 is 9.05 Å². The summed E-state index contributed by atoms with van der Waals surface area (Å²) >= 11 is 6.46. The Kier molecular flexibility index (Phi) is 6.16. The Morgan fingerprint density at radius 2 is 1.33 bits per heavy atom. The topological polar surface area (TPSA) is 18.5 Å². The van der Waals surface area contributed by atoms with E-state index in [0.29, 0.717) is 0 Å². The average molecular weight is 271 g/mol. The molecule has 0 saturated carbocycles. The Morgan fingerprint density at radius 1 is 1.00 bits per heavy atom. The van der Waals surface area contributed by atoms with Crippen LogP contribution >= 0.6 is 17.9 Å². The number of hydrogen-bond acceptors (Lipinski definition) is 2. The Hall–Kier alpha value is 0.727. The highest BCUT2D eigenvalue weighted by atomic mass is 35.7. The second-order valence-corrected chi connectivity index (χ2v) is 14.0. The van der Waals surface area contributed by atoms with Crippen LogP contribution in [0.4, 0.5) is 0 Å². The number of hydrogen-bond donors (Lipinski definition) is 0. The van der Waals surface area contributed by atoms with Crippen molar-refractivity contribution in [2.45, 2.75) is 59.5 Å². The fraction of sp³-hybridized carbons (Fsp3) is 0.900. The molecule has 15 heavy (non-hydrogen) atoms. The maximum Gasteiger partial charge on any atom is 0.207 e. The molecule has 0 aromatic heterocycles. The summed E-state index contributed by atoms with van der Waals surface area (Å²) in [7, 11) is -1.38. The van der Waals surface area contributed by atoms with Gasteiger partial charge in [0, 0.05) is 0 Å². The van der Waals surface area contributed by atoms with Crippen LogP contribution in [0, 0.1) is 0 Å². The molecule has 0 spiro atoms. The summed E-state index contributed by atoms with van der Waals surface area (Å²) in [6, 6.07) is 0. The van der Waals surface area contributed by atoms with Gasteiger partial charge in [0.1, 0.15) is 0 Å². The van der Waals surface area contributed by atoms with Crippen LogP contribution in [0.5, 0.6) is 0 Å². The molecular formula is C10H24ClO2PSi. The van der Waals surface area contributed by atoms with Gasteiger partial charge in [0.2, 0.25) is 6.69 Å². The van der Waals surface area contributed by atoms with E-state index >= 15 is 0 Å². The van der Waals surface area contributed by atoms with E-state index in [-0.39, 0.29) is 12.2 Å². The van der Waals surface area contributed by atoms with Gasteiger partial charge in [-0.15, -0.1) is 0 Å². The van der Waals surface area contributed by atoms with E-state index in [1.807, 2.05) is 27.7 Å². The van der Waals surface area contributed by atoms with Crippen molar-refractivity contribution < 1.29 is 9.05 Å². The van der Waals surface area contributed by atoms with Crippen molar-refractivity contribution in [3.8, 4) is 0 Å². The summed E-state index contributed by atoms with van der Waals surface area (Å²) < 4.78 is 11.5. The molecule has 0 aliphatic rings. The third-order valence-electron chi connectivity index (χ3n) is 1.25. The molecule has 0 aromatic carbocycles. The lowest BCUT2D eigenvalue weighted by Gasteiger charge is -2.26. The third-order valence-corrected chi connectivity index (χ3v) is 8.36. The molecule has 0 fully saturated rings. The maximum atomic E-state index is 6.46. The molecular weight excluding hydrogens is 247 g/mol. The molecule has 0 radical (unpaired) electrons. The second-order valence-electron chi connectivity index (χ2n) is 5.32. The van der Waals surface area contributed by atoms with Crippen LogP contribution in [0.25, 0.3) is 0 Å². The molecule has 2 nitrogen and oxygen atoms in total. The Labute approximate surface area is 100 Å². The van der Waals surface area contributed by atoms with Gasteiger partial charge in [0.25, 0.3) is 0 Å². The molecule has 0 atom stereocenters. The first-order chi connectivity index (χ1) is 6.54. The van der Waals surface area contributed by atoms with Crippen molar-refractivity contribution in [1.82, 2.24) is 0 Å². The molecule has 0 saturated heterocycles. The van der Waals surface area contributed by atoms with Gasteiger partial charge in [-0.3, -0.25) is 0 Å². The molecule has 0 aromatic rings. The predicted molar refractivity (Wildman–Crippen MR) is 74.6 cm³/mol. The third kappa shape index (κ3) is 8.53. The van der Waals surface area contributed by atoms with E-state index in [9.17, 15) is 0 Å². The van der Waals surface area contributed by atoms with Crippen LogP contribution in [-0.4, -0.2) is 25.7 Å². The minimum absolute atomic E-state index is 0.0992. The van der Waals surface area contributed by atoms with Crippen molar-refractivity contribution in [2.24, 2.45) is 0 Å². The van der Waals surface area contributed by atoms with Crippen LogP contribution in [0.15, 0.2) is 0 Å². The van der Waals surface area contributed by atoms with Gasteiger partial charge in [-0.25, -0.2) is 0 Å². The summed E-state index contributed by atoms with van der Waals surface area (Å²) in [4.78, 5) is 0. The summed E-state index contributed by atoms with van der Waals surface area (Å²) in [6.07, 6.45) is 0.198. The van der Waals surface area contributed by atoms with Crippen molar-refractivity contribution in [3.63, 3.8) is 0 Å². The van der Waals surface area contributed by atoms with Crippen molar-refractivity contribution >= 4 is 31.4 Å². The molecule has 0 unspecified atom stereocenters. The highest BCUT2D eigenvalue weighted by Gasteiger charge is 2.24. The highest BCUT2D eigenvalue weighted by Crippen LogP contribution is 2.57. The van der Waals surface area contributed by atoms with Gasteiger partial charge >= 0.3 is 0 Å². The molecule has 92 valence electrons. The minimum Gasteiger partial charge on any atom is -0.324 e.